The molecule has 0 aliphatic carbocycles. The van der Waals surface area contributed by atoms with Crippen LogP contribution >= 0.6 is 0 Å². The maximum Gasteiger partial charge on any atom is 0.340 e. The van der Waals surface area contributed by atoms with Crippen LogP contribution in [0.2, 0.25) is 0 Å². The standard InChI is InChI=1S/C41H32O11/c42-36(27-16-6-1-7-17-27)47-26-32-33(49-37(43)28-18-8-2-9-19-28)34(50-38(44)29-20-10-3-11-21-29)35(51-39(45)30-22-12-4-13-23-30)41(48-32)52-40(46)31-24-14-5-15-25-31/h1-25,32-35,41H,26H2/t32-,33-,34-,35-,41?/m1/s1. The summed E-state index contributed by atoms with van der Waals surface area (Å²) in [7, 11) is 0. The second-order valence-corrected chi connectivity index (χ2v) is 11.5. The first kappa shape index (κ1) is 35.2. The van der Waals surface area contributed by atoms with E-state index in [1.54, 1.807) is 103 Å². The molecule has 1 heterocycles. The fourth-order valence-corrected chi connectivity index (χ4v) is 5.37. The first-order valence-corrected chi connectivity index (χ1v) is 16.3. The van der Waals surface area contributed by atoms with E-state index in [0.717, 1.165) is 0 Å². The van der Waals surface area contributed by atoms with Crippen LogP contribution in [0.5, 0.6) is 0 Å². The van der Waals surface area contributed by atoms with Crippen molar-refractivity contribution in [2.45, 2.75) is 30.7 Å². The minimum absolute atomic E-state index is 0.125. The molecule has 1 fully saturated rings. The first-order valence-electron chi connectivity index (χ1n) is 16.3. The number of carbonyl (C=O) groups is 5. The number of carbonyl (C=O) groups excluding carboxylic acids is 5. The first-order chi connectivity index (χ1) is 25.4. The predicted molar refractivity (Wildman–Crippen MR) is 184 cm³/mol. The van der Waals surface area contributed by atoms with Crippen LogP contribution in [0.3, 0.4) is 0 Å². The molecule has 1 saturated heterocycles. The molecule has 0 saturated carbocycles. The molecule has 52 heavy (non-hydrogen) atoms. The second kappa shape index (κ2) is 16.9. The third-order valence-electron chi connectivity index (χ3n) is 7.97. The van der Waals surface area contributed by atoms with Crippen LogP contribution in [0, 0.1) is 0 Å². The van der Waals surface area contributed by atoms with E-state index in [-0.39, 0.29) is 27.8 Å². The van der Waals surface area contributed by atoms with Crippen LogP contribution in [0.4, 0.5) is 0 Å². The predicted octanol–water partition coefficient (Wildman–Crippen LogP) is 6.10. The van der Waals surface area contributed by atoms with Crippen LogP contribution in [-0.2, 0) is 28.4 Å². The SMILES string of the molecule is O=C(OC[C@H]1OC(OC(=O)c2ccccc2)[C@H](OC(=O)c2ccccc2)[C@H](OC(=O)c2ccccc2)[C@@H]1OC(=O)c1ccccc1)c1ccccc1. The maximum atomic E-state index is 13.7. The molecule has 5 atom stereocenters. The minimum atomic E-state index is -1.75. The summed E-state index contributed by atoms with van der Waals surface area (Å²) in [5.41, 5.74) is 0.762. The van der Waals surface area contributed by atoms with E-state index >= 15 is 0 Å². The molecule has 262 valence electrons. The Bertz CT molecular complexity index is 1970. The Morgan fingerprint density at radius 2 is 0.692 bits per heavy atom. The fourth-order valence-electron chi connectivity index (χ4n) is 5.37. The number of ether oxygens (including phenoxy) is 6. The van der Waals surface area contributed by atoms with Crippen molar-refractivity contribution in [1.29, 1.82) is 0 Å². The molecule has 0 amide bonds. The summed E-state index contributed by atoms with van der Waals surface area (Å²) in [6.45, 7) is -0.557. The molecule has 6 rings (SSSR count). The van der Waals surface area contributed by atoms with Crippen LogP contribution in [0.15, 0.2) is 152 Å². The molecule has 0 radical (unpaired) electrons. The van der Waals surface area contributed by atoms with E-state index in [1.807, 2.05) is 0 Å². The van der Waals surface area contributed by atoms with Gasteiger partial charge in [-0.2, -0.15) is 0 Å². The average molecular weight is 701 g/mol. The van der Waals surface area contributed by atoms with Crippen LogP contribution < -0.4 is 0 Å². The van der Waals surface area contributed by atoms with Gasteiger partial charge in [0.1, 0.15) is 12.7 Å². The summed E-state index contributed by atoms with van der Waals surface area (Å²) in [4.78, 5) is 67.4. The minimum Gasteiger partial charge on any atom is -0.459 e. The second-order valence-electron chi connectivity index (χ2n) is 11.5. The largest absolute Gasteiger partial charge is 0.459 e. The third-order valence-corrected chi connectivity index (χ3v) is 7.97. The molecule has 1 aliphatic heterocycles. The summed E-state index contributed by atoms with van der Waals surface area (Å²) < 4.78 is 35.5. The van der Waals surface area contributed by atoms with Gasteiger partial charge >= 0.3 is 29.8 Å². The van der Waals surface area contributed by atoms with Gasteiger partial charge in [-0.15, -0.1) is 0 Å². The van der Waals surface area contributed by atoms with Crippen molar-refractivity contribution in [3.63, 3.8) is 0 Å². The highest BCUT2D eigenvalue weighted by atomic mass is 16.7. The average Bonchev–Trinajstić information content (AvgIpc) is 3.20. The molecule has 5 aromatic rings. The molecule has 1 aliphatic rings. The van der Waals surface area contributed by atoms with E-state index in [1.165, 1.54) is 48.5 Å². The molecular formula is C41H32O11. The van der Waals surface area contributed by atoms with E-state index in [2.05, 4.69) is 0 Å². The van der Waals surface area contributed by atoms with Crippen LogP contribution in [0.1, 0.15) is 51.8 Å². The Kier molecular flexibility index (Phi) is 11.4. The Hall–Kier alpha value is -6.59. The van der Waals surface area contributed by atoms with Gasteiger partial charge in [-0.3, -0.25) is 0 Å². The van der Waals surface area contributed by atoms with Gasteiger partial charge in [0.15, 0.2) is 12.2 Å². The number of rotatable bonds is 11. The van der Waals surface area contributed by atoms with Crippen molar-refractivity contribution in [2.75, 3.05) is 6.61 Å². The molecule has 0 N–H and O–H groups in total. The number of esters is 5. The zero-order chi connectivity index (χ0) is 36.3. The molecule has 0 spiro atoms. The zero-order valence-electron chi connectivity index (χ0n) is 27.5. The molecule has 11 nitrogen and oxygen atoms in total. The topological polar surface area (TPSA) is 141 Å². The van der Waals surface area contributed by atoms with Gasteiger partial charge in [0.05, 0.1) is 27.8 Å². The Morgan fingerprint density at radius 3 is 1.08 bits per heavy atom. The Morgan fingerprint density at radius 1 is 0.385 bits per heavy atom. The van der Waals surface area contributed by atoms with Crippen molar-refractivity contribution >= 4 is 29.8 Å². The summed E-state index contributed by atoms with van der Waals surface area (Å²) in [5, 5.41) is 0. The lowest BCUT2D eigenvalue weighted by Gasteiger charge is -2.43. The molecular weight excluding hydrogens is 668 g/mol. The van der Waals surface area contributed by atoms with Crippen molar-refractivity contribution in [3.05, 3.63) is 179 Å². The summed E-state index contributed by atoms with van der Waals surface area (Å²) >= 11 is 0. The lowest BCUT2D eigenvalue weighted by Crippen LogP contribution is -2.63. The maximum absolute atomic E-state index is 13.7. The molecule has 11 heteroatoms. The lowest BCUT2D eigenvalue weighted by atomic mass is 9.97. The molecule has 1 unspecified atom stereocenters. The molecule has 0 aromatic heterocycles. The number of hydrogen-bond donors (Lipinski definition) is 0. The van der Waals surface area contributed by atoms with Gasteiger partial charge in [-0.25, -0.2) is 24.0 Å². The smallest absolute Gasteiger partial charge is 0.340 e. The van der Waals surface area contributed by atoms with Crippen molar-refractivity contribution < 1.29 is 52.4 Å². The highest BCUT2D eigenvalue weighted by molar-refractivity contribution is 5.92. The highest BCUT2D eigenvalue weighted by Gasteiger charge is 2.54. The summed E-state index contributed by atoms with van der Waals surface area (Å²) in [5.74, 6) is -4.19. The van der Waals surface area contributed by atoms with E-state index in [9.17, 15) is 24.0 Å². The Balaban J connectivity index is 1.41. The molecule has 0 bridgehead atoms. The van der Waals surface area contributed by atoms with Crippen molar-refractivity contribution in [2.24, 2.45) is 0 Å². The van der Waals surface area contributed by atoms with Gasteiger partial charge in [-0.1, -0.05) is 91.0 Å². The number of hydrogen-bond acceptors (Lipinski definition) is 11. The Labute approximate surface area is 298 Å². The monoisotopic (exact) mass is 700 g/mol. The van der Waals surface area contributed by atoms with Crippen LogP contribution in [-0.4, -0.2) is 67.2 Å². The van der Waals surface area contributed by atoms with Crippen molar-refractivity contribution in [1.82, 2.24) is 0 Å². The van der Waals surface area contributed by atoms with Gasteiger partial charge in [-0.05, 0) is 60.7 Å². The highest BCUT2D eigenvalue weighted by Crippen LogP contribution is 2.32. The normalized spacial score (nSPS) is 19.3. The third kappa shape index (κ3) is 8.76. The van der Waals surface area contributed by atoms with Gasteiger partial charge in [0, 0.05) is 0 Å². The van der Waals surface area contributed by atoms with E-state index < -0.39 is 67.2 Å². The number of benzene rings is 5. The quantitative estimate of drug-likeness (QED) is 0.117. The van der Waals surface area contributed by atoms with Crippen LogP contribution in [0.25, 0.3) is 0 Å². The van der Waals surface area contributed by atoms with Gasteiger partial charge in [0.25, 0.3) is 0 Å². The lowest BCUT2D eigenvalue weighted by molar-refractivity contribution is -0.282. The fraction of sp³-hybridized carbons (Fsp3) is 0.146. The van der Waals surface area contributed by atoms with E-state index in [0.29, 0.717) is 0 Å². The summed E-state index contributed by atoms with van der Waals surface area (Å²) in [6.07, 6.45) is -8.07. The van der Waals surface area contributed by atoms with Gasteiger partial charge < -0.3 is 28.4 Å². The van der Waals surface area contributed by atoms with E-state index in [4.69, 9.17) is 28.4 Å². The van der Waals surface area contributed by atoms with Crippen molar-refractivity contribution in [3.8, 4) is 0 Å². The summed E-state index contributed by atoms with van der Waals surface area (Å²) in [6, 6.07) is 40.0. The molecule has 5 aromatic carbocycles. The zero-order valence-corrected chi connectivity index (χ0v) is 27.5. The van der Waals surface area contributed by atoms with Gasteiger partial charge in [0.2, 0.25) is 12.4 Å².